The average molecular weight is 429 g/mol. The van der Waals surface area contributed by atoms with Crippen LogP contribution in [0.2, 0.25) is 0 Å². The predicted molar refractivity (Wildman–Crippen MR) is 113 cm³/mol. The number of thioether (sulfide) groups is 1. The molecule has 1 aliphatic heterocycles. The van der Waals surface area contributed by atoms with E-state index in [0.717, 1.165) is 11.8 Å². The van der Waals surface area contributed by atoms with Crippen LogP contribution in [0.3, 0.4) is 0 Å². The fraction of sp³-hybridized carbons (Fsp3) is 0.238. The number of ether oxygens (including phenoxy) is 1. The molecular weight excluding hydrogens is 409 g/mol. The third-order valence-corrected chi connectivity index (χ3v) is 5.52. The minimum absolute atomic E-state index is 0.0242. The van der Waals surface area contributed by atoms with Crippen molar-refractivity contribution in [2.75, 3.05) is 19.0 Å². The minimum Gasteiger partial charge on any atom is -0.462 e. The Morgan fingerprint density at radius 3 is 2.50 bits per heavy atom. The maximum absolute atomic E-state index is 13.1. The third kappa shape index (κ3) is 5.24. The molecule has 156 valence electrons. The highest BCUT2D eigenvalue weighted by Crippen LogP contribution is 2.29. The van der Waals surface area contributed by atoms with Gasteiger partial charge in [0, 0.05) is 19.2 Å². The number of esters is 1. The quantitative estimate of drug-likeness (QED) is 0.734. The molecule has 2 aromatic rings. The van der Waals surface area contributed by atoms with E-state index in [1.54, 1.807) is 38.2 Å². The normalized spacial score (nSPS) is 17.7. The van der Waals surface area contributed by atoms with Gasteiger partial charge in [0.1, 0.15) is 11.1 Å². The summed E-state index contributed by atoms with van der Waals surface area (Å²) in [5.74, 6) is -1.41. The van der Waals surface area contributed by atoms with Crippen molar-refractivity contribution in [3.8, 4) is 0 Å². The molecule has 0 bridgehead atoms. The molecule has 1 N–H and O–H groups in total. The number of hydrogen-bond acceptors (Lipinski definition) is 6. The zero-order valence-electron chi connectivity index (χ0n) is 16.4. The standard InChI is InChI=1S/C21H20FN3O4S/c1-3-29-20(28)13-4-8-15(9-5-13)23-19(27)17-12-18(26)25(2)21(30-17)24-16-10-6-14(22)7-11-16/h4-11,17H,3,12H2,1-2H3,(H,23,27)/t17-/m1/s1. The maximum atomic E-state index is 13.1. The molecule has 30 heavy (non-hydrogen) atoms. The van der Waals surface area contributed by atoms with Gasteiger partial charge in [-0.25, -0.2) is 14.2 Å². The summed E-state index contributed by atoms with van der Waals surface area (Å²) in [5, 5.41) is 2.44. The number of carbonyl (C=O) groups is 3. The Bertz CT molecular complexity index is 977. The van der Waals surface area contributed by atoms with Gasteiger partial charge in [0.15, 0.2) is 5.17 Å². The molecule has 1 fully saturated rings. The Hall–Kier alpha value is -3.20. The fourth-order valence-corrected chi connectivity index (χ4v) is 3.72. The Labute approximate surface area is 177 Å². The van der Waals surface area contributed by atoms with E-state index in [9.17, 15) is 18.8 Å². The summed E-state index contributed by atoms with van der Waals surface area (Å²) in [4.78, 5) is 42.5. The second-order valence-electron chi connectivity index (χ2n) is 6.42. The first-order chi connectivity index (χ1) is 14.4. The molecule has 0 aliphatic carbocycles. The molecule has 0 unspecified atom stereocenters. The molecule has 1 aliphatic rings. The molecule has 2 aromatic carbocycles. The van der Waals surface area contributed by atoms with Gasteiger partial charge in [-0.05, 0) is 55.5 Å². The van der Waals surface area contributed by atoms with Gasteiger partial charge in [0.05, 0.1) is 17.9 Å². The summed E-state index contributed by atoms with van der Waals surface area (Å²) in [6, 6.07) is 11.9. The van der Waals surface area contributed by atoms with Gasteiger partial charge in [-0.15, -0.1) is 0 Å². The van der Waals surface area contributed by atoms with Crippen molar-refractivity contribution in [2.45, 2.75) is 18.6 Å². The Balaban J connectivity index is 1.70. The molecule has 3 rings (SSSR count). The topological polar surface area (TPSA) is 88.1 Å². The van der Waals surface area contributed by atoms with Gasteiger partial charge < -0.3 is 10.1 Å². The molecule has 7 nitrogen and oxygen atoms in total. The molecule has 0 saturated carbocycles. The van der Waals surface area contributed by atoms with Crippen molar-refractivity contribution in [1.82, 2.24) is 4.90 Å². The van der Waals surface area contributed by atoms with Crippen LogP contribution < -0.4 is 5.32 Å². The van der Waals surface area contributed by atoms with Crippen LogP contribution in [0.5, 0.6) is 0 Å². The lowest BCUT2D eigenvalue weighted by Crippen LogP contribution is -2.43. The number of amidine groups is 1. The average Bonchev–Trinajstić information content (AvgIpc) is 2.73. The van der Waals surface area contributed by atoms with E-state index in [0.29, 0.717) is 22.1 Å². The molecule has 0 radical (unpaired) electrons. The first-order valence-electron chi connectivity index (χ1n) is 9.23. The first-order valence-corrected chi connectivity index (χ1v) is 10.1. The van der Waals surface area contributed by atoms with E-state index in [1.807, 2.05) is 0 Å². The zero-order chi connectivity index (χ0) is 21.7. The van der Waals surface area contributed by atoms with Crippen LogP contribution in [0.15, 0.2) is 53.5 Å². The van der Waals surface area contributed by atoms with Gasteiger partial charge in [-0.3, -0.25) is 14.5 Å². The number of carbonyl (C=O) groups excluding carboxylic acids is 3. The maximum Gasteiger partial charge on any atom is 0.338 e. The number of nitrogens with one attached hydrogen (secondary N) is 1. The molecule has 0 aromatic heterocycles. The summed E-state index contributed by atoms with van der Waals surface area (Å²) in [6.07, 6.45) is 0.0242. The summed E-state index contributed by atoms with van der Waals surface area (Å²) in [5.41, 5.74) is 1.36. The van der Waals surface area contributed by atoms with Crippen molar-refractivity contribution in [1.29, 1.82) is 0 Å². The van der Waals surface area contributed by atoms with E-state index in [2.05, 4.69) is 10.3 Å². The summed E-state index contributed by atoms with van der Waals surface area (Å²) in [7, 11) is 1.58. The zero-order valence-corrected chi connectivity index (χ0v) is 17.2. The second kappa shape index (κ2) is 9.53. The van der Waals surface area contributed by atoms with Crippen molar-refractivity contribution in [2.24, 2.45) is 4.99 Å². The molecule has 1 heterocycles. The molecule has 1 saturated heterocycles. The van der Waals surface area contributed by atoms with E-state index < -0.39 is 11.2 Å². The van der Waals surface area contributed by atoms with E-state index in [-0.39, 0.29) is 30.7 Å². The van der Waals surface area contributed by atoms with Crippen molar-refractivity contribution < 1.29 is 23.5 Å². The van der Waals surface area contributed by atoms with Crippen LogP contribution in [0.25, 0.3) is 0 Å². The largest absolute Gasteiger partial charge is 0.462 e. The number of halogens is 1. The summed E-state index contributed by atoms with van der Waals surface area (Å²) < 4.78 is 18.0. The number of hydrogen-bond donors (Lipinski definition) is 1. The first kappa shape index (κ1) is 21.5. The molecule has 0 spiro atoms. The van der Waals surface area contributed by atoms with Crippen LogP contribution in [0, 0.1) is 5.82 Å². The lowest BCUT2D eigenvalue weighted by atomic mass is 10.2. The third-order valence-electron chi connectivity index (χ3n) is 4.28. The van der Waals surface area contributed by atoms with Crippen LogP contribution in [0.1, 0.15) is 23.7 Å². The van der Waals surface area contributed by atoms with Gasteiger partial charge in [0.25, 0.3) is 0 Å². The predicted octanol–water partition coefficient (Wildman–Crippen LogP) is 3.59. The monoisotopic (exact) mass is 429 g/mol. The van der Waals surface area contributed by atoms with Gasteiger partial charge >= 0.3 is 5.97 Å². The summed E-state index contributed by atoms with van der Waals surface area (Å²) in [6.45, 7) is 2.00. The lowest BCUT2D eigenvalue weighted by molar-refractivity contribution is -0.128. The van der Waals surface area contributed by atoms with Gasteiger partial charge in [-0.2, -0.15) is 0 Å². The molecular formula is C21H20FN3O4S. The van der Waals surface area contributed by atoms with Gasteiger partial charge in [-0.1, -0.05) is 11.8 Å². The number of amides is 2. The van der Waals surface area contributed by atoms with Crippen LogP contribution in [-0.2, 0) is 14.3 Å². The Morgan fingerprint density at radius 2 is 1.87 bits per heavy atom. The van der Waals surface area contributed by atoms with Crippen molar-refractivity contribution >= 4 is 46.1 Å². The number of nitrogens with zero attached hydrogens (tertiary/aromatic N) is 2. The van der Waals surface area contributed by atoms with E-state index in [1.165, 1.54) is 29.2 Å². The van der Waals surface area contributed by atoms with Crippen molar-refractivity contribution in [3.63, 3.8) is 0 Å². The van der Waals surface area contributed by atoms with E-state index in [4.69, 9.17) is 4.74 Å². The highest BCUT2D eigenvalue weighted by Gasteiger charge is 2.34. The van der Waals surface area contributed by atoms with Crippen LogP contribution >= 0.6 is 11.8 Å². The highest BCUT2D eigenvalue weighted by atomic mass is 32.2. The van der Waals surface area contributed by atoms with E-state index >= 15 is 0 Å². The summed E-state index contributed by atoms with van der Waals surface area (Å²) >= 11 is 1.16. The fourth-order valence-electron chi connectivity index (χ4n) is 2.65. The van der Waals surface area contributed by atoms with Crippen molar-refractivity contribution in [3.05, 3.63) is 59.9 Å². The van der Waals surface area contributed by atoms with Gasteiger partial charge in [0.2, 0.25) is 11.8 Å². The smallest absolute Gasteiger partial charge is 0.338 e. The number of benzene rings is 2. The van der Waals surface area contributed by atoms with Crippen LogP contribution in [-0.4, -0.2) is 46.8 Å². The number of aliphatic imine (C=N–C) groups is 1. The molecule has 2 amide bonds. The molecule has 1 atom stereocenters. The SMILES string of the molecule is CCOC(=O)c1ccc(NC(=O)[C@H]2CC(=O)N(C)C(=Nc3ccc(F)cc3)S2)cc1. The number of rotatable bonds is 5. The lowest BCUT2D eigenvalue weighted by Gasteiger charge is -2.28. The number of anilines is 1. The Morgan fingerprint density at radius 1 is 1.20 bits per heavy atom. The molecule has 9 heteroatoms. The minimum atomic E-state index is -0.669. The highest BCUT2D eigenvalue weighted by molar-refractivity contribution is 8.15. The Kier molecular flexibility index (Phi) is 6.83. The second-order valence-corrected chi connectivity index (χ2v) is 7.59. The van der Waals surface area contributed by atoms with Crippen LogP contribution in [0.4, 0.5) is 15.8 Å².